The second kappa shape index (κ2) is 8.80. The van der Waals surface area contributed by atoms with Crippen LogP contribution in [0.1, 0.15) is 24.5 Å². The van der Waals surface area contributed by atoms with E-state index in [1.165, 1.54) is 0 Å². The number of para-hydroxylation sites is 1. The Bertz CT molecular complexity index is 1090. The minimum absolute atomic E-state index is 0.0202. The maximum absolute atomic E-state index is 13.7. The third-order valence-corrected chi connectivity index (χ3v) is 6.28. The Balaban J connectivity index is 1.68. The van der Waals surface area contributed by atoms with E-state index in [0.29, 0.717) is 12.8 Å². The number of hydrogen-bond acceptors (Lipinski definition) is 2. The molecule has 4 rings (SSSR count). The van der Waals surface area contributed by atoms with Gasteiger partial charge in [-0.3, -0.25) is 4.79 Å². The molecule has 1 heterocycles. The molecule has 0 aliphatic carbocycles. The van der Waals surface area contributed by atoms with Gasteiger partial charge in [-0.1, -0.05) is 94.8 Å². The van der Waals surface area contributed by atoms with Gasteiger partial charge >= 0.3 is 0 Å². The summed E-state index contributed by atoms with van der Waals surface area (Å²) in [6.07, 6.45) is 5.36. The van der Waals surface area contributed by atoms with Crippen LogP contribution >= 0.6 is 15.9 Å². The fraction of sp³-hybridized carbons (Fsp3) is 0.154. The van der Waals surface area contributed by atoms with Gasteiger partial charge in [-0.15, -0.1) is 0 Å². The fourth-order valence-electron chi connectivity index (χ4n) is 3.85. The Labute approximate surface area is 185 Å². The molecule has 0 fully saturated rings. The first-order valence-electron chi connectivity index (χ1n) is 10.0. The molecule has 0 saturated heterocycles. The zero-order valence-corrected chi connectivity index (χ0v) is 18.4. The molecule has 0 aromatic heterocycles. The molecular weight excluding hydrogens is 436 g/mol. The van der Waals surface area contributed by atoms with Gasteiger partial charge in [0.15, 0.2) is 0 Å². The number of halogens is 1. The van der Waals surface area contributed by atoms with Gasteiger partial charge in [-0.25, -0.2) is 0 Å². The van der Waals surface area contributed by atoms with Crippen LogP contribution in [0.5, 0.6) is 0 Å². The molecule has 1 unspecified atom stereocenters. The lowest BCUT2D eigenvalue weighted by Gasteiger charge is -2.27. The highest BCUT2D eigenvalue weighted by molar-refractivity contribution is 9.10. The zero-order valence-electron chi connectivity index (χ0n) is 16.8. The lowest BCUT2D eigenvalue weighted by atomic mass is 9.74. The SMILES string of the molecule is CC1=NN(c2ccccc2)C(=O)C1(C/C=C/c1ccccc1Br)Cc1ccccc1. The van der Waals surface area contributed by atoms with E-state index in [-0.39, 0.29) is 5.91 Å². The summed E-state index contributed by atoms with van der Waals surface area (Å²) in [6, 6.07) is 27.9. The van der Waals surface area contributed by atoms with E-state index in [1.807, 2.05) is 73.7 Å². The zero-order chi connectivity index (χ0) is 21.0. The first-order valence-corrected chi connectivity index (χ1v) is 10.8. The van der Waals surface area contributed by atoms with Crippen molar-refractivity contribution in [2.24, 2.45) is 10.5 Å². The molecule has 1 amide bonds. The molecule has 150 valence electrons. The highest BCUT2D eigenvalue weighted by atomic mass is 79.9. The van der Waals surface area contributed by atoms with Crippen molar-refractivity contribution in [3.05, 3.63) is 107 Å². The number of rotatable bonds is 6. The molecule has 1 atom stereocenters. The number of benzene rings is 3. The van der Waals surface area contributed by atoms with E-state index in [0.717, 1.165) is 27.0 Å². The molecule has 3 aromatic rings. The third-order valence-electron chi connectivity index (χ3n) is 5.56. The largest absolute Gasteiger partial charge is 0.271 e. The minimum Gasteiger partial charge on any atom is -0.271 e. The predicted molar refractivity (Wildman–Crippen MR) is 127 cm³/mol. The van der Waals surface area contributed by atoms with E-state index < -0.39 is 5.41 Å². The van der Waals surface area contributed by atoms with E-state index in [9.17, 15) is 4.79 Å². The van der Waals surface area contributed by atoms with Crippen molar-refractivity contribution in [3.63, 3.8) is 0 Å². The Kier molecular flexibility index (Phi) is 5.96. The number of amides is 1. The van der Waals surface area contributed by atoms with Gasteiger partial charge in [0.1, 0.15) is 0 Å². The second-order valence-corrected chi connectivity index (χ2v) is 8.36. The van der Waals surface area contributed by atoms with Crippen molar-refractivity contribution in [2.45, 2.75) is 19.8 Å². The van der Waals surface area contributed by atoms with Gasteiger partial charge in [-0.2, -0.15) is 10.1 Å². The van der Waals surface area contributed by atoms with Gasteiger partial charge in [-0.05, 0) is 49.1 Å². The monoisotopic (exact) mass is 458 g/mol. The normalized spacial score (nSPS) is 18.8. The van der Waals surface area contributed by atoms with Crippen molar-refractivity contribution in [1.29, 1.82) is 0 Å². The Morgan fingerprint density at radius 1 is 0.933 bits per heavy atom. The fourth-order valence-corrected chi connectivity index (χ4v) is 4.26. The topological polar surface area (TPSA) is 32.7 Å². The maximum Gasteiger partial charge on any atom is 0.260 e. The van der Waals surface area contributed by atoms with Gasteiger partial charge < -0.3 is 0 Å². The number of allylic oxidation sites excluding steroid dienone is 1. The lowest BCUT2D eigenvalue weighted by molar-refractivity contribution is -0.123. The Morgan fingerprint density at radius 2 is 1.57 bits per heavy atom. The number of carbonyl (C=O) groups excluding carboxylic acids is 1. The van der Waals surface area contributed by atoms with Crippen LogP contribution in [-0.2, 0) is 11.2 Å². The van der Waals surface area contributed by atoms with E-state index in [1.54, 1.807) is 5.01 Å². The van der Waals surface area contributed by atoms with E-state index in [2.05, 4.69) is 46.3 Å². The molecule has 1 aliphatic heterocycles. The van der Waals surface area contributed by atoms with Gasteiger partial charge in [0.05, 0.1) is 16.8 Å². The average molecular weight is 459 g/mol. The van der Waals surface area contributed by atoms with Crippen molar-refractivity contribution >= 4 is 39.3 Å². The summed E-state index contributed by atoms with van der Waals surface area (Å²) in [4.78, 5) is 13.7. The smallest absolute Gasteiger partial charge is 0.260 e. The number of anilines is 1. The van der Waals surface area contributed by atoms with Crippen LogP contribution in [0.15, 0.2) is 101 Å². The molecule has 4 heteroatoms. The molecular formula is C26H23BrN2O. The third kappa shape index (κ3) is 4.01. The summed E-state index contributed by atoms with van der Waals surface area (Å²) < 4.78 is 1.03. The van der Waals surface area contributed by atoms with Crippen molar-refractivity contribution in [2.75, 3.05) is 5.01 Å². The molecule has 3 aromatic carbocycles. The first kappa shape index (κ1) is 20.3. The molecule has 3 nitrogen and oxygen atoms in total. The highest BCUT2D eigenvalue weighted by Gasteiger charge is 2.48. The van der Waals surface area contributed by atoms with Gasteiger partial charge in [0, 0.05) is 4.47 Å². The molecule has 0 saturated carbocycles. The first-order chi connectivity index (χ1) is 14.6. The van der Waals surface area contributed by atoms with Gasteiger partial charge in [0.2, 0.25) is 0 Å². The van der Waals surface area contributed by atoms with Crippen molar-refractivity contribution < 1.29 is 4.79 Å². The standard InChI is InChI=1S/C26H23BrN2O/c1-20-26(19-21-11-4-2-5-12-21,18-10-14-22-13-8-9-17-24(22)27)25(30)29(28-20)23-15-6-3-7-16-23/h2-17H,18-19H2,1H3/b14-10+. The number of nitrogens with zero attached hydrogens (tertiary/aromatic N) is 2. The molecule has 0 radical (unpaired) electrons. The number of hydrogen-bond donors (Lipinski definition) is 0. The van der Waals surface area contributed by atoms with Crippen LogP contribution in [0, 0.1) is 5.41 Å². The highest BCUT2D eigenvalue weighted by Crippen LogP contribution is 2.39. The number of hydrazone groups is 1. The predicted octanol–water partition coefficient (Wildman–Crippen LogP) is 6.50. The summed E-state index contributed by atoms with van der Waals surface area (Å²) >= 11 is 3.59. The minimum atomic E-state index is -0.699. The van der Waals surface area contributed by atoms with Gasteiger partial charge in [0.25, 0.3) is 5.91 Å². The molecule has 0 N–H and O–H groups in total. The van der Waals surface area contributed by atoms with Crippen LogP contribution in [0.4, 0.5) is 5.69 Å². The second-order valence-electron chi connectivity index (χ2n) is 7.51. The van der Waals surface area contributed by atoms with Crippen LogP contribution < -0.4 is 5.01 Å². The van der Waals surface area contributed by atoms with E-state index in [4.69, 9.17) is 5.10 Å². The summed E-state index contributed by atoms with van der Waals surface area (Å²) in [5.74, 6) is 0.0202. The summed E-state index contributed by atoms with van der Waals surface area (Å²) in [7, 11) is 0. The summed E-state index contributed by atoms with van der Waals surface area (Å²) in [6.45, 7) is 1.97. The van der Waals surface area contributed by atoms with E-state index >= 15 is 0 Å². The van der Waals surface area contributed by atoms with Crippen LogP contribution in [0.3, 0.4) is 0 Å². The summed E-state index contributed by atoms with van der Waals surface area (Å²) in [5.41, 5.74) is 3.16. The quantitative estimate of drug-likeness (QED) is 0.414. The molecule has 0 bridgehead atoms. The molecule has 0 spiro atoms. The molecule has 1 aliphatic rings. The van der Waals surface area contributed by atoms with Crippen LogP contribution in [0.2, 0.25) is 0 Å². The average Bonchev–Trinajstić information content (AvgIpc) is 3.01. The Hall–Kier alpha value is -2.98. The maximum atomic E-state index is 13.7. The summed E-state index contributed by atoms with van der Waals surface area (Å²) in [5, 5.41) is 6.25. The Morgan fingerprint density at radius 3 is 2.27 bits per heavy atom. The van der Waals surface area contributed by atoms with Crippen molar-refractivity contribution in [1.82, 2.24) is 0 Å². The van der Waals surface area contributed by atoms with Crippen molar-refractivity contribution in [3.8, 4) is 0 Å². The number of carbonyl (C=O) groups is 1. The van der Waals surface area contributed by atoms with Crippen LogP contribution in [-0.4, -0.2) is 11.6 Å². The van der Waals surface area contributed by atoms with Crippen LogP contribution in [0.25, 0.3) is 6.08 Å². The molecule has 30 heavy (non-hydrogen) atoms. The lowest BCUT2D eigenvalue weighted by Crippen LogP contribution is -2.40.